The fraction of sp³-hybridized carbons (Fsp3) is 0.500. The Balaban J connectivity index is 2.88. The molecule has 0 fully saturated rings. The summed E-state index contributed by atoms with van der Waals surface area (Å²) in [5.74, 6) is 0.475. The van der Waals surface area contributed by atoms with E-state index in [4.69, 9.17) is 15.3 Å². The van der Waals surface area contributed by atoms with Gasteiger partial charge in [-0.25, -0.2) is 9.97 Å². The third-order valence-electron chi connectivity index (χ3n) is 1.96. The quantitative estimate of drug-likeness (QED) is 0.530. The number of nitrogens with one attached hydrogen (secondary N) is 1. The van der Waals surface area contributed by atoms with Crippen molar-refractivity contribution in [3.05, 3.63) is 16.1 Å². The molecule has 0 spiro atoms. The van der Waals surface area contributed by atoms with E-state index in [-0.39, 0.29) is 19.8 Å². The van der Waals surface area contributed by atoms with Crippen LogP contribution in [-0.2, 0) is 0 Å². The van der Waals surface area contributed by atoms with Gasteiger partial charge in [0.25, 0.3) is 0 Å². The summed E-state index contributed by atoms with van der Waals surface area (Å²) < 4.78 is 0.745. The number of anilines is 1. The van der Waals surface area contributed by atoms with Gasteiger partial charge in [-0.2, -0.15) is 0 Å². The Labute approximate surface area is 101 Å². The van der Waals surface area contributed by atoms with Crippen molar-refractivity contribution in [3.63, 3.8) is 0 Å². The minimum absolute atomic E-state index is 0.389. The number of aromatic nitrogens is 2. The molecule has 0 saturated carbocycles. The first-order valence-electron chi connectivity index (χ1n) is 4.24. The van der Waals surface area contributed by atoms with E-state index in [0.29, 0.717) is 5.82 Å². The summed E-state index contributed by atoms with van der Waals surface area (Å²) in [7, 11) is 0. The molecular formula is C8H12IN3O3. The first-order chi connectivity index (χ1) is 7.17. The molecule has 0 amide bonds. The van der Waals surface area contributed by atoms with Gasteiger partial charge in [0.1, 0.15) is 17.7 Å². The van der Waals surface area contributed by atoms with Gasteiger partial charge in [0.05, 0.1) is 23.4 Å². The number of rotatable bonds is 5. The highest BCUT2D eigenvalue weighted by molar-refractivity contribution is 14.1. The molecule has 0 atom stereocenters. The van der Waals surface area contributed by atoms with Gasteiger partial charge < -0.3 is 20.6 Å². The Morgan fingerprint density at radius 1 is 1.27 bits per heavy atom. The van der Waals surface area contributed by atoms with Gasteiger partial charge in [-0.1, -0.05) is 0 Å². The first-order valence-corrected chi connectivity index (χ1v) is 5.31. The van der Waals surface area contributed by atoms with Crippen LogP contribution in [-0.4, -0.2) is 50.6 Å². The van der Waals surface area contributed by atoms with E-state index in [1.165, 1.54) is 6.33 Å². The highest BCUT2D eigenvalue weighted by Gasteiger charge is 2.28. The number of nitrogens with zero attached hydrogens (tertiary/aromatic N) is 2. The van der Waals surface area contributed by atoms with E-state index in [0.717, 1.165) is 3.57 Å². The Morgan fingerprint density at radius 3 is 2.33 bits per heavy atom. The van der Waals surface area contributed by atoms with Crippen molar-refractivity contribution in [2.24, 2.45) is 0 Å². The Kier molecular flexibility index (Phi) is 4.64. The fourth-order valence-electron chi connectivity index (χ4n) is 0.924. The summed E-state index contributed by atoms with van der Waals surface area (Å²) >= 11 is 2.02. The fourth-order valence-corrected chi connectivity index (χ4v) is 1.36. The van der Waals surface area contributed by atoms with E-state index >= 15 is 0 Å². The molecule has 0 bridgehead atoms. The zero-order valence-corrected chi connectivity index (χ0v) is 10.0. The smallest absolute Gasteiger partial charge is 0.143 e. The van der Waals surface area contributed by atoms with Crippen LogP contribution in [0.15, 0.2) is 12.5 Å². The van der Waals surface area contributed by atoms with Crippen molar-refractivity contribution in [2.45, 2.75) is 5.54 Å². The molecule has 0 aromatic carbocycles. The molecule has 1 heterocycles. The second-order valence-corrected chi connectivity index (χ2v) is 4.26. The summed E-state index contributed by atoms with van der Waals surface area (Å²) in [6.45, 7) is -1.17. The molecule has 1 aromatic heterocycles. The Hall–Kier alpha value is -0.510. The molecule has 0 radical (unpaired) electrons. The van der Waals surface area contributed by atoms with Crippen molar-refractivity contribution >= 4 is 28.4 Å². The van der Waals surface area contributed by atoms with Gasteiger partial charge in [-0.3, -0.25) is 0 Å². The molecule has 4 N–H and O–H groups in total. The first kappa shape index (κ1) is 12.6. The number of aliphatic hydroxyl groups excluding tert-OH is 3. The SMILES string of the molecule is OCC(CO)(CO)Nc1ncncc1I. The second-order valence-electron chi connectivity index (χ2n) is 3.10. The summed E-state index contributed by atoms with van der Waals surface area (Å²) in [6.07, 6.45) is 2.94. The zero-order chi connectivity index (χ0) is 11.3. The number of hydrogen-bond acceptors (Lipinski definition) is 6. The summed E-state index contributed by atoms with van der Waals surface area (Å²) in [5, 5.41) is 30.1. The van der Waals surface area contributed by atoms with E-state index < -0.39 is 5.54 Å². The Bertz CT molecular complexity index is 311. The monoisotopic (exact) mass is 325 g/mol. The molecule has 6 nitrogen and oxygen atoms in total. The van der Waals surface area contributed by atoms with Gasteiger partial charge in [0.2, 0.25) is 0 Å². The molecule has 0 aliphatic heterocycles. The second kappa shape index (κ2) is 5.54. The number of aliphatic hydroxyl groups is 3. The topological polar surface area (TPSA) is 98.5 Å². The van der Waals surface area contributed by atoms with Crippen molar-refractivity contribution in [1.82, 2.24) is 9.97 Å². The molecule has 1 aromatic rings. The minimum atomic E-state index is -1.16. The van der Waals surface area contributed by atoms with E-state index in [1.807, 2.05) is 22.6 Å². The van der Waals surface area contributed by atoms with Crippen molar-refractivity contribution in [2.75, 3.05) is 25.1 Å². The van der Waals surface area contributed by atoms with Crippen LogP contribution in [0, 0.1) is 3.57 Å². The lowest BCUT2D eigenvalue weighted by Crippen LogP contribution is -2.49. The van der Waals surface area contributed by atoms with Crippen molar-refractivity contribution < 1.29 is 15.3 Å². The van der Waals surface area contributed by atoms with Gasteiger partial charge in [0.15, 0.2) is 0 Å². The van der Waals surface area contributed by atoms with E-state index in [1.54, 1.807) is 6.20 Å². The molecule has 0 unspecified atom stereocenters. The van der Waals surface area contributed by atoms with Gasteiger partial charge in [-0.05, 0) is 22.6 Å². The molecule has 84 valence electrons. The summed E-state index contributed by atoms with van der Waals surface area (Å²) in [6, 6.07) is 0. The highest BCUT2D eigenvalue weighted by Crippen LogP contribution is 2.17. The summed E-state index contributed by atoms with van der Waals surface area (Å²) in [5.41, 5.74) is -1.16. The van der Waals surface area contributed by atoms with Crippen LogP contribution in [0.2, 0.25) is 0 Å². The maximum atomic E-state index is 9.10. The zero-order valence-electron chi connectivity index (χ0n) is 7.89. The van der Waals surface area contributed by atoms with Crippen LogP contribution < -0.4 is 5.32 Å². The highest BCUT2D eigenvalue weighted by atomic mass is 127. The van der Waals surface area contributed by atoms with Crippen LogP contribution in [0.1, 0.15) is 0 Å². The maximum Gasteiger partial charge on any atom is 0.143 e. The lowest BCUT2D eigenvalue weighted by atomic mass is 10.0. The van der Waals surface area contributed by atoms with E-state index in [9.17, 15) is 0 Å². The van der Waals surface area contributed by atoms with Crippen LogP contribution >= 0.6 is 22.6 Å². The predicted molar refractivity (Wildman–Crippen MR) is 62.4 cm³/mol. The average molecular weight is 325 g/mol. The molecule has 7 heteroatoms. The standard InChI is InChI=1S/C8H12IN3O3/c9-6-1-10-5-11-7(6)12-8(2-13,3-14)4-15/h1,5,13-15H,2-4H2,(H,10,11,12). The van der Waals surface area contributed by atoms with Crippen molar-refractivity contribution in [3.8, 4) is 0 Å². The summed E-state index contributed by atoms with van der Waals surface area (Å²) in [4.78, 5) is 7.75. The predicted octanol–water partition coefficient (Wildman–Crippen LogP) is -0.791. The third kappa shape index (κ3) is 2.97. The molecule has 1 rings (SSSR count). The van der Waals surface area contributed by atoms with E-state index in [2.05, 4.69) is 15.3 Å². The maximum absolute atomic E-state index is 9.10. The number of halogens is 1. The van der Waals surface area contributed by atoms with Crippen LogP contribution in [0.3, 0.4) is 0 Å². The van der Waals surface area contributed by atoms with Crippen LogP contribution in [0.5, 0.6) is 0 Å². The van der Waals surface area contributed by atoms with Crippen LogP contribution in [0.25, 0.3) is 0 Å². The third-order valence-corrected chi connectivity index (χ3v) is 2.75. The lowest BCUT2D eigenvalue weighted by Gasteiger charge is -2.29. The molecule has 0 aliphatic carbocycles. The average Bonchev–Trinajstić information content (AvgIpc) is 2.29. The normalized spacial score (nSPS) is 11.5. The molecule has 0 aliphatic rings. The van der Waals surface area contributed by atoms with Crippen LogP contribution in [0.4, 0.5) is 5.82 Å². The van der Waals surface area contributed by atoms with Gasteiger partial charge in [-0.15, -0.1) is 0 Å². The van der Waals surface area contributed by atoms with Crippen molar-refractivity contribution in [1.29, 1.82) is 0 Å². The van der Waals surface area contributed by atoms with Gasteiger partial charge in [0, 0.05) is 6.20 Å². The largest absolute Gasteiger partial charge is 0.394 e. The lowest BCUT2D eigenvalue weighted by molar-refractivity contribution is 0.0830. The Morgan fingerprint density at radius 2 is 1.87 bits per heavy atom. The minimum Gasteiger partial charge on any atom is -0.394 e. The number of hydrogen-bond donors (Lipinski definition) is 4. The van der Waals surface area contributed by atoms with Gasteiger partial charge >= 0.3 is 0 Å². The molecule has 0 saturated heterocycles. The molecule has 15 heavy (non-hydrogen) atoms. The molecular weight excluding hydrogens is 313 g/mol.